The molecular weight excluding hydrogens is 432 g/mol. The first-order valence-electron chi connectivity index (χ1n) is 11.5. The molecule has 4 rings (SSSR count). The minimum atomic E-state index is -0.0771. The number of halogens is 1. The number of rotatable bonds is 7. The Bertz CT molecular complexity index is 1140. The molecule has 1 fully saturated rings. The Morgan fingerprint density at radius 1 is 1.09 bits per heavy atom. The van der Waals surface area contributed by atoms with Gasteiger partial charge in [0, 0.05) is 54.9 Å². The molecule has 1 heterocycles. The van der Waals surface area contributed by atoms with Crippen LogP contribution in [-0.2, 0) is 4.79 Å². The summed E-state index contributed by atoms with van der Waals surface area (Å²) in [6.07, 6.45) is 7.63. The van der Waals surface area contributed by atoms with E-state index in [9.17, 15) is 4.79 Å². The standard InChI is InChI=1S/C27H31ClN4O/c1-32(2)25-17-26(31-24-10-6-4-8-22(24)25)30-21-14-11-19(12-15-21)18-29-27(33)16-13-20-7-3-5-9-23(20)28/h3-10,13,16-17,19,21H,11-12,14-15,18H2,1-2H3,(H,29,33)(H,30,31)/b16-13+/t19-,21+. The van der Waals surface area contributed by atoms with Gasteiger partial charge in [-0.25, -0.2) is 4.98 Å². The molecule has 0 spiro atoms. The van der Waals surface area contributed by atoms with Gasteiger partial charge >= 0.3 is 0 Å². The number of benzene rings is 2. The van der Waals surface area contributed by atoms with E-state index in [0.29, 0.717) is 23.5 Å². The summed E-state index contributed by atoms with van der Waals surface area (Å²) in [6, 6.07) is 18.3. The van der Waals surface area contributed by atoms with Crippen LogP contribution >= 0.6 is 11.6 Å². The molecule has 2 aromatic carbocycles. The summed E-state index contributed by atoms with van der Waals surface area (Å²) >= 11 is 6.14. The van der Waals surface area contributed by atoms with Gasteiger partial charge in [0.25, 0.3) is 0 Å². The third kappa shape index (κ3) is 6.05. The van der Waals surface area contributed by atoms with Crippen molar-refractivity contribution in [3.05, 3.63) is 71.3 Å². The average molecular weight is 463 g/mol. The van der Waals surface area contributed by atoms with Crippen molar-refractivity contribution in [2.24, 2.45) is 5.92 Å². The number of anilines is 2. The van der Waals surface area contributed by atoms with Crippen molar-refractivity contribution < 1.29 is 4.79 Å². The second kappa shape index (κ2) is 10.7. The molecule has 6 heteroatoms. The molecule has 1 aromatic heterocycles. The van der Waals surface area contributed by atoms with Crippen molar-refractivity contribution in [3.63, 3.8) is 0 Å². The Labute approximate surface area is 200 Å². The fourth-order valence-corrected chi connectivity index (χ4v) is 4.60. The fraction of sp³-hybridized carbons (Fsp3) is 0.333. The molecule has 33 heavy (non-hydrogen) atoms. The molecular formula is C27H31ClN4O. The quantitative estimate of drug-likeness (QED) is 0.438. The van der Waals surface area contributed by atoms with Gasteiger partial charge < -0.3 is 15.5 Å². The molecule has 0 bridgehead atoms. The minimum absolute atomic E-state index is 0.0771. The smallest absolute Gasteiger partial charge is 0.244 e. The summed E-state index contributed by atoms with van der Waals surface area (Å²) in [5.41, 5.74) is 3.03. The summed E-state index contributed by atoms with van der Waals surface area (Å²) in [5.74, 6) is 1.35. The van der Waals surface area contributed by atoms with E-state index in [1.165, 1.54) is 5.69 Å². The monoisotopic (exact) mass is 462 g/mol. The van der Waals surface area contributed by atoms with Crippen LogP contribution in [0.2, 0.25) is 5.02 Å². The lowest BCUT2D eigenvalue weighted by atomic mass is 9.86. The third-order valence-corrected chi connectivity index (χ3v) is 6.60. The van der Waals surface area contributed by atoms with E-state index in [0.717, 1.165) is 48.0 Å². The predicted octanol–water partition coefficient (Wildman–Crippen LogP) is 5.75. The van der Waals surface area contributed by atoms with E-state index in [-0.39, 0.29) is 5.91 Å². The van der Waals surface area contributed by atoms with Crippen LogP contribution in [0.25, 0.3) is 17.0 Å². The number of carbonyl (C=O) groups excluding carboxylic acids is 1. The van der Waals surface area contributed by atoms with Crippen molar-refractivity contribution >= 4 is 46.0 Å². The van der Waals surface area contributed by atoms with Crippen LogP contribution in [0.5, 0.6) is 0 Å². The minimum Gasteiger partial charge on any atom is -0.377 e. The number of aromatic nitrogens is 1. The molecule has 1 aliphatic carbocycles. The van der Waals surface area contributed by atoms with E-state index in [1.54, 1.807) is 12.2 Å². The molecule has 1 aliphatic rings. The van der Waals surface area contributed by atoms with Gasteiger partial charge in [-0.2, -0.15) is 0 Å². The highest BCUT2D eigenvalue weighted by molar-refractivity contribution is 6.32. The molecule has 0 radical (unpaired) electrons. The summed E-state index contributed by atoms with van der Waals surface area (Å²) in [5, 5.41) is 8.50. The molecule has 0 saturated heterocycles. The highest BCUT2D eigenvalue weighted by Gasteiger charge is 2.22. The highest BCUT2D eigenvalue weighted by atomic mass is 35.5. The molecule has 172 valence electrons. The third-order valence-electron chi connectivity index (χ3n) is 6.26. The van der Waals surface area contributed by atoms with E-state index in [2.05, 4.69) is 53.9 Å². The summed E-state index contributed by atoms with van der Waals surface area (Å²) in [7, 11) is 4.13. The van der Waals surface area contributed by atoms with Crippen molar-refractivity contribution in [3.8, 4) is 0 Å². The zero-order valence-corrected chi connectivity index (χ0v) is 20.0. The Balaban J connectivity index is 1.27. The Morgan fingerprint density at radius 3 is 2.58 bits per heavy atom. The lowest BCUT2D eigenvalue weighted by Gasteiger charge is -2.30. The highest BCUT2D eigenvalue weighted by Crippen LogP contribution is 2.30. The maximum absolute atomic E-state index is 12.2. The maximum Gasteiger partial charge on any atom is 0.244 e. The van der Waals surface area contributed by atoms with Crippen LogP contribution in [-0.4, -0.2) is 37.6 Å². The van der Waals surface area contributed by atoms with Gasteiger partial charge in [-0.05, 0) is 55.4 Å². The average Bonchev–Trinajstić information content (AvgIpc) is 2.82. The van der Waals surface area contributed by atoms with Crippen molar-refractivity contribution in [1.29, 1.82) is 0 Å². The van der Waals surface area contributed by atoms with Gasteiger partial charge in [-0.3, -0.25) is 4.79 Å². The Kier molecular flexibility index (Phi) is 7.50. The molecule has 5 nitrogen and oxygen atoms in total. The number of hydrogen-bond acceptors (Lipinski definition) is 4. The first kappa shape index (κ1) is 23.1. The zero-order chi connectivity index (χ0) is 23.2. The van der Waals surface area contributed by atoms with Gasteiger partial charge in [-0.1, -0.05) is 48.0 Å². The SMILES string of the molecule is CN(C)c1cc(N[C@H]2CC[C@@H](CNC(=O)/C=C/c3ccccc3Cl)CC2)nc2ccccc12. The van der Waals surface area contributed by atoms with Crippen LogP contribution < -0.4 is 15.5 Å². The molecule has 0 unspecified atom stereocenters. The number of para-hydroxylation sites is 1. The molecule has 1 saturated carbocycles. The van der Waals surface area contributed by atoms with Crippen LogP contribution in [0, 0.1) is 5.92 Å². The van der Waals surface area contributed by atoms with E-state index >= 15 is 0 Å². The van der Waals surface area contributed by atoms with Gasteiger partial charge in [0.1, 0.15) is 5.82 Å². The number of hydrogen-bond donors (Lipinski definition) is 2. The second-order valence-electron chi connectivity index (χ2n) is 8.90. The van der Waals surface area contributed by atoms with Gasteiger partial charge in [0.05, 0.1) is 5.52 Å². The first-order chi connectivity index (χ1) is 16.0. The Hall–Kier alpha value is -3.05. The molecule has 1 amide bonds. The largest absolute Gasteiger partial charge is 0.377 e. The van der Waals surface area contributed by atoms with Crippen molar-refractivity contribution in [2.45, 2.75) is 31.7 Å². The van der Waals surface area contributed by atoms with Gasteiger partial charge in [-0.15, -0.1) is 0 Å². The summed E-state index contributed by atoms with van der Waals surface area (Å²) in [6.45, 7) is 0.706. The first-order valence-corrected chi connectivity index (χ1v) is 11.9. The second-order valence-corrected chi connectivity index (χ2v) is 9.31. The number of nitrogens with zero attached hydrogens (tertiary/aromatic N) is 2. The summed E-state index contributed by atoms with van der Waals surface area (Å²) < 4.78 is 0. The zero-order valence-electron chi connectivity index (χ0n) is 19.2. The molecule has 0 aliphatic heterocycles. The number of nitrogens with one attached hydrogen (secondary N) is 2. The van der Waals surface area contributed by atoms with E-state index in [1.807, 2.05) is 30.3 Å². The van der Waals surface area contributed by atoms with Gasteiger partial charge in [0.2, 0.25) is 5.91 Å². The fourth-order valence-electron chi connectivity index (χ4n) is 4.40. The van der Waals surface area contributed by atoms with Crippen molar-refractivity contribution in [1.82, 2.24) is 10.3 Å². The number of fused-ring (bicyclic) bond motifs is 1. The predicted molar refractivity (Wildman–Crippen MR) is 139 cm³/mol. The number of pyridine rings is 1. The van der Waals surface area contributed by atoms with Gasteiger partial charge in [0.15, 0.2) is 0 Å². The normalized spacial score (nSPS) is 18.4. The lowest BCUT2D eigenvalue weighted by Crippen LogP contribution is -2.33. The lowest BCUT2D eigenvalue weighted by molar-refractivity contribution is -0.116. The van der Waals surface area contributed by atoms with Crippen LogP contribution in [0.15, 0.2) is 60.7 Å². The van der Waals surface area contributed by atoms with Crippen LogP contribution in [0.1, 0.15) is 31.2 Å². The topological polar surface area (TPSA) is 57.3 Å². The molecule has 0 atom stereocenters. The van der Waals surface area contributed by atoms with Crippen LogP contribution in [0.3, 0.4) is 0 Å². The van der Waals surface area contributed by atoms with Crippen molar-refractivity contribution in [2.75, 3.05) is 30.9 Å². The van der Waals surface area contributed by atoms with E-state index < -0.39 is 0 Å². The van der Waals surface area contributed by atoms with Crippen LogP contribution in [0.4, 0.5) is 11.5 Å². The number of amides is 1. The Morgan fingerprint density at radius 2 is 1.82 bits per heavy atom. The summed E-state index contributed by atoms with van der Waals surface area (Å²) in [4.78, 5) is 19.2. The van der Waals surface area contributed by atoms with E-state index in [4.69, 9.17) is 16.6 Å². The maximum atomic E-state index is 12.2. The number of carbonyl (C=O) groups is 1. The molecule has 2 N–H and O–H groups in total. The molecule has 3 aromatic rings.